The van der Waals surface area contributed by atoms with Gasteiger partial charge < -0.3 is 19.0 Å². The highest BCUT2D eigenvalue weighted by atomic mass is 32.2. The Bertz CT molecular complexity index is 3340. The Hall–Kier alpha value is -6.88. The molecule has 374 valence electrons. The molecule has 2 aromatic heterocycles. The minimum Gasteiger partial charge on any atom is -0.507 e. The number of methoxy groups -OCH3 is 1. The molecular weight excluding hydrogens is 983 g/mol. The van der Waals surface area contributed by atoms with Crippen LogP contribution in [0.15, 0.2) is 141 Å². The smallest absolute Gasteiger partial charge is 0.416 e. The first kappa shape index (κ1) is 52.0. The Morgan fingerprint density at radius 2 is 0.944 bits per heavy atom. The number of aromatic nitrogens is 2. The molecule has 0 radical (unpaired) electrons. The molecule has 1 N–H and O–H groups in total. The van der Waals surface area contributed by atoms with Crippen LogP contribution in [0.25, 0.3) is 22.3 Å². The molecule has 8 rings (SSSR count). The van der Waals surface area contributed by atoms with Gasteiger partial charge in [0.1, 0.15) is 11.5 Å². The van der Waals surface area contributed by atoms with Crippen LogP contribution in [-0.4, -0.2) is 84.5 Å². The number of aromatic hydroxyl groups is 1. The normalized spacial score (nSPS) is 14.7. The molecule has 0 unspecified atom stereocenters. The van der Waals surface area contributed by atoms with Crippen LogP contribution >= 0.6 is 0 Å². The number of halogens is 6. The molecule has 2 fully saturated rings. The number of carbonyl (C=O) groups is 2. The number of hydrogen-bond acceptors (Lipinski definition) is 10. The summed E-state index contributed by atoms with van der Waals surface area (Å²) in [5.74, 6) is -1.56. The molecule has 0 aliphatic carbocycles. The third-order valence-electron chi connectivity index (χ3n) is 11.8. The maximum absolute atomic E-state index is 13.1. The summed E-state index contributed by atoms with van der Waals surface area (Å²) < 4.78 is 139. The highest BCUT2D eigenvalue weighted by Gasteiger charge is 2.33. The van der Waals surface area contributed by atoms with Crippen LogP contribution in [0.5, 0.6) is 11.5 Å². The third-order valence-corrected chi connectivity index (χ3v) is 15.6. The Kier molecular flexibility index (Phi) is 15.2. The lowest BCUT2D eigenvalue weighted by atomic mass is 9.99. The average Bonchev–Trinajstić information content (AvgIpc) is 4.10. The Morgan fingerprint density at radius 3 is 1.35 bits per heavy atom. The summed E-state index contributed by atoms with van der Waals surface area (Å²) in [7, 11) is -6.27. The first-order valence-corrected chi connectivity index (χ1v) is 24.7. The van der Waals surface area contributed by atoms with Crippen molar-refractivity contribution in [1.29, 1.82) is 0 Å². The Morgan fingerprint density at radius 1 is 0.549 bits per heavy atom. The number of sulfonamides is 2. The van der Waals surface area contributed by atoms with E-state index in [2.05, 4.69) is 0 Å². The van der Waals surface area contributed by atoms with Crippen LogP contribution in [0.4, 0.5) is 26.3 Å². The summed E-state index contributed by atoms with van der Waals surface area (Å²) in [6.45, 7) is 0.588. The number of ketones is 2. The van der Waals surface area contributed by atoms with Gasteiger partial charge in [0.25, 0.3) is 11.1 Å². The average molecular weight is 1030 g/mol. The highest BCUT2D eigenvalue weighted by Crippen LogP contribution is 2.36. The number of carbonyl (C=O) groups excluding carboxylic acids is 2. The lowest BCUT2D eigenvalue weighted by Crippen LogP contribution is -2.30. The van der Waals surface area contributed by atoms with Crippen molar-refractivity contribution >= 4 is 31.6 Å². The zero-order valence-corrected chi connectivity index (χ0v) is 39.2. The molecule has 4 aromatic carbocycles. The SMILES string of the molecule is COc1cc(-c2cccc(C(F)(F)F)c2)ccc1C(=O)Cn1cc(S(=O)(=O)N2CCCC2)ccc1=O.O=C(Cn1cc(S(=O)(=O)N2CCCC2)ccc1=O)c1ccc(-c2cccc(C(F)(F)F)c2)cc1O. The quantitative estimate of drug-likeness (QED) is 0.0877. The number of Topliss-reactive ketones (excluding diaryl/α,β-unsaturated/α-hetero) is 2. The minimum atomic E-state index is -4.53. The molecule has 22 heteroatoms. The first-order chi connectivity index (χ1) is 33.5. The van der Waals surface area contributed by atoms with Crippen LogP contribution in [0.1, 0.15) is 57.5 Å². The zero-order valence-electron chi connectivity index (χ0n) is 37.6. The topological polar surface area (TPSA) is 182 Å². The molecule has 0 saturated carbocycles. The van der Waals surface area contributed by atoms with E-state index in [9.17, 15) is 67.5 Å². The maximum Gasteiger partial charge on any atom is 0.416 e. The predicted octanol–water partition coefficient (Wildman–Crippen LogP) is 8.12. The van der Waals surface area contributed by atoms with E-state index in [1.54, 1.807) is 0 Å². The van der Waals surface area contributed by atoms with Gasteiger partial charge in [0.15, 0.2) is 11.6 Å². The number of hydrogen-bond donors (Lipinski definition) is 1. The summed E-state index contributed by atoms with van der Waals surface area (Å²) in [6, 6.07) is 22.0. The molecule has 0 amide bonds. The molecule has 2 aliphatic rings. The number of nitrogens with zero attached hydrogens (tertiary/aromatic N) is 4. The van der Waals surface area contributed by atoms with E-state index in [1.165, 1.54) is 88.5 Å². The number of ether oxygens (including phenoxy) is 1. The fourth-order valence-corrected chi connectivity index (χ4v) is 11.1. The minimum absolute atomic E-state index is 0.0799. The van der Waals surface area contributed by atoms with Crippen LogP contribution in [0, 0.1) is 0 Å². The van der Waals surface area contributed by atoms with Crippen LogP contribution < -0.4 is 15.9 Å². The maximum atomic E-state index is 13.1. The van der Waals surface area contributed by atoms with Gasteiger partial charge in [-0.2, -0.15) is 35.0 Å². The molecule has 4 heterocycles. The first-order valence-electron chi connectivity index (χ1n) is 21.8. The standard InChI is InChI=1S/C25H23F3N2O5S.C24H21F3N2O5S/c1-35-23-14-18(17-5-4-6-19(13-17)25(26,27)28)7-9-21(23)22(31)16-29-15-20(8-10-24(29)32)36(33,34)30-11-2-3-12-30;25-24(26,27)18-5-3-4-16(12-18)17-6-8-20(21(30)13-17)22(31)15-28-14-19(7-9-23(28)32)35(33,34)29-10-1-2-11-29/h4-10,13-15H,2-3,11-12,16H2,1H3;3-9,12-14,30H,1-2,10-11,15H2. The molecular formula is C49H44F6N4O10S2. The molecule has 0 atom stereocenters. The summed E-state index contributed by atoms with van der Waals surface area (Å²) in [6.07, 6.45) is -3.78. The van der Waals surface area contributed by atoms with Crippen LogP contribution in [-0.2, 0) is 45.5 Å². The van der Waals surface area contributed by atoms with Crippen molar-refractivity contribution in [2.75, 3.05) is 33.3 Å². The molecule has 14 nitrogen and oxygen atoms in total. The van der Waals surface area contributed by atoms with E-state index in [0.29, 0.717) is 31.7 Å². The number of rotatable bonds is 13. The van der Waals surface area contributed by atoms with Gasteiger partial charge in [-0.25, -0.2) is 16.8 Å². The summed E-state index contributed by atoms with van der Waals surface area (Å²) >= 11 is 0. The molecule has 2 saturated heterocycles. The molecule has 0 bridgehead atoms. The van der Waals surface area contributed by atoms with Crippen molar-refractivity contribution in [2.24, 2.45) is 0 Å². The van der Waals surface area contributed by atoms with Gasteiger partial charge in [0.2, 0.25) is 20.0 Å². The van der Waals surface area contributed by atoms with E-state index in [4.69, 9.17) is 4.74 Å². The molecule has 0 spiro atoms. The predicted molar refractivity (Wildman–Crippen MR) is 248 cm³/mol. The lowest BCUT2D eigenvalue weighted by Gasteiger charge is -2.16. The summed E-state index contributed by atoms with van der Waals surface area (Å²) in [5.41, 5.74) is -1.69. The Balaban J connectivity index is 0.000000209. The van der Waals surface area contributed by atoms with Crippen molar-refractivity contribution in [3.05, 3.63) is 165 Å². The molecule has 6 aromatic rings. The van der Waals surface area contributed by atoms with E-state index in [0.717, 1.165) is 83.6 Å². The number of phenols is 1. The van der Waals surface area contributed by atoms with E-state index < -0.39 is 85.1 Å². The van der Waals surface area contributed by atoms with Crippen molar-refractivity contribution < 1.29 is 62.6 Å². The van der Waals surface area contributed by atoms with Crippen molar-refractivity contribution in [3.8, 4) is 33.8 Å². The highest BCUT2D eigenvalue weighted by molar-refractivity contribution is 7.89. The van der Waals surface area contributed by atoms with Gasteiger partial charge >= 0.3 is 12.4 Å². The second kappa shape index (κ2) is 20.8. The number of benzene rings is 4. The fourth-order valence-electron chi connectivity index (χ4n) is 8.00. The van der Waals surface area contributed by atoms with E-state index >= 15 is 0 Å². The summed E-state index contributed by atoms with van der Waals surface area (Å²) in [5, 5.41) is 10.4. The largest absolute Gasteiger partial charge is 0.507 e. The molecule has 2 aliphatic heterocycles. The van der Waals surface area contributed by atoms with Gasteiger partial charge in [-0.15, -0.1) is 0 Å². The van der Waals surface area contributed by atoms with Gasteiger partial charge in [-0.1, -0.05) is 36.4 Å². The Labute approximate surface area is 403 Å². The number of pyridine rings is 2. The second-order valence-corrected chi connectivity index (χ2v) is 20.4. The van der Waals surface area contributed by atoms with E-state index in [1.807, 2.05) is 0 Å². The number of phenolic OH excluding ortho intramolecular Hbond substituents is 1. The van der Waals surface area contributed by atoms with Gasteiger partial charge in [-0.05, 0) is 109 Å². The van der Waals surface area contributed by atoms with E-state index in [-0.39, 0.29) is 43.4 Å². The van der Waals surface area contributed by atoms with Crippen LogP contribution in [0.3, 0.4) is 0 Å². The van der Waals surface area contributed by atoms with Crippen LogP contribution in [0.2, 0.25) is 0 Å². The van der Waals surface area contributed by atoms with Gasteiger partial charge in [-0.3, -0.25) is 19.2 Å². The fraction of sp³-hybridized carbons (Fsp3) is 0.265. The second-order valence-electron chi connectivity index (χ2n) is 16.5. The van der Waals surface area contributed by atoms with Crippen molar-refractivity contribution in [3.63, 3.8) is 0 Å². The van der Waals surface area contributed by atoms with Gasteiger partial charge in [0, 0.05) is 50.7 Å². The van der Waals surface area contributed by atoms with Crippen molar-refractivity contribution in [1.82, 2.24) is 17.7 Å². The van der Waals surface area contributed by atoms with Gasteiger partial charge in [0.05, 0.1) is 52.2 Å². The zero-order chi connectivity index (χ0) is 51.5. The molecule has 71 heavy (non-hydrogen) atoms. The lowest BCUT2D eigenvalue weighted by molar-refractivity contribution is -0.138. The van der Waals surface area contributed by atoms with Crippen molar-refractivity contribution in [2.45, 2.75) is 60.9 Å². The third kappa shape index (κ3) is 11.8. The summed E-state index contributed by atoms with van der Waals surface area (Å²) in [4.78, 5) is 50.3. The number of alkyl halides is 6. The monoisotopic (exact) mass is 1030 g/mol.